The summed E-state index contributed by atoms with van der Waals surface area (Å²) in [5, 5.41) is 8.36. The minimum Gasteiger partial charge on any atom is -0.323 e. The number of nitrogens with zero attached hydrogens (tertiary/aromatic N) is 1. The van der Waals surface area contributed by atoms with Crippen LogP contribution in [0.5, 0.6) is 0 Å². The van der Waals surface area contributed by atoms with Gasteiger partial charge in [-0.2, -0.15) is 18.4 Å². The molecule has 7 heteroatoms. The van der Waals surface area contributed by atoms with Crippen LogP contribution in [0.3, 0.4) is 0 Å². The predicted octanol–water partition coefficient (Wildman–Crippen LogP) is 3.18. The van der Waals surface area contributed by atoms with Crippen molar-refractivity contribution >= 4 is 12.4 Å². The molecule has 1 atom stereocenters. The van der Waals surface area contributed by atoms with Crippen molar-refractivity contribution in [3.8, 4) is 6.07 Å². The molecule has 0 bridgehead atoms. The highest BCUT2D eigenvalue weighted by atomic mass is 35.5. The van der Waals surface area contributed by atoms with Gasteiger partial charge in [0.25, 0.3) is 0 Å². The lowest BCUT2D eigenvalue weighted by Crippen LogP contribution is -2.13. The highest BCUT2D eigenvalue weighted by Crippen LogP contribution is 2.32. The van der Waals surface area contributed by atoms with Gasteiger partial charge in [0.1, 0.15) is 5.82 Å². The third-order valence-corrected chi connectivity index (χ3v) is 2.04. The molecule has 2 nitrogen and oxygen atoms in total. The molecule has 0 fully saturated rings. The smallest absolute Gasteiger partial charge is 0.323 e. The van der Waals surface area contributed by atoms with Crippen LogP contribution in [-0.4, -0.2) is 0 Å². The van der Waals surface area contributed by atoms with Gasteiger partial charge in [-0.15, -0.1) is 12.4 Å². The summed E-state index contributed by atoms with van der Waals surface area (Å²) in [6, 6.07) is 3.38. The maximum Gasteiger partial charge on any atom is 0.419 e. The Morgan fingerprint density at radius 2 is 1.94 bits per heavy atom. The first-order valence-electron chi connectivity index (χ1n) is 4.35. The zero-order valence-corrected chi connectivity index (χ0v) is 9.28. The second-order valence-corrected chi connectivity index (χ2v) is 3.21. The molecule has 0 saturated carbocycles. The minimum absolute atomic E-state index is 0. The van der Waals surface area contributed by atoms with Gasteiger partial charge in [-0.25, -0.2) is 4.39 Å². The molecule has 0 aliphatic rings. The van der Waals surface area contributed by atoms with Gasteiger partial charge in [-0.05, 0) is 17.7 Å². The van der Waals surface area contributed by atoms with E-state index >= 15 is 0 Å². The summed E-state index contributed by atoms with van der Waals surface area (Å²) in [5.41, 5.74) is 4.19. The summed E-state index contributed by atoms with van der Waals surface area (Å²) in [6.07, 6.45) is -4.88. The molecule has 0 aliphatic heterocycles. The van der Waals surface area contributed by atoms with Gasteiger partial charge in [-0.3, -0.25) is 0 Å². The van der Waals surface area contributed by atoms with Gasteiger partial charge < -0.3 is 5.73 Å². The summed E-state index contributed by atoms with van der Waals surface area (Å²) in [4.78, 5) is 0. The summed E-state index contributed by atoms with van der Waals surface area (Å²) in [7, 11) is 0. The molecular formula is C10H9ClF4N2. The van der Waals surface area contributed by atoms with Gasteiger partial charge in [0, 0.05) is 6.04 Å². The van der Waals surface area contributed by atoms with E-state index in [0.717, 1.165) is 6.07 Å². The van der Waals surface area contributed by atoms with Crippen molar-refractivity contribution in [3.05, 3.63) is 35.1 Å². The first-order chi connectivity index (χ1) is 7.36. The second kappa shape index (κ2) is 5.84. The van der Waals surface area contributed by atoms with Crippen LogP contribution in [0.25, 0.3) is 0 Å². The molecular weight excluding hydrogens is 260 g/mol. The van der Waals surface area contributed by atoms with Crippen molar-refractivity contribution < 1.29 is 17.6 Å². The fraction of sp³-hybridized carbons (Fsp3) is 0.300. The summed E-state index contributed by atoms with van der Waals surface area (Å²) in [6.45, 7) is 0. The van der Waals surface area contributed by atoms with Crippen LogP contribution in [0.2, 0.25) is 0 Å². The van der Waals surface area contributed by atoms with Crippen LogP contribution >= 0.6 is 12.4 Å². The Kier molecular flexibility index (Phi) is 5.39. The third-order valence-electron chi connectivity index (χ3n) is 2.04. The van der Waals surface area contributed by atoms with E-state index in [-0.39, 0.29) is 24.4 Å². The van der Waals surface area contributed by atoms with Gasteiger partial charge >= 0.3 is 6.18 Å². The highest BCUT2D eigenvalue weighted by molar-refractivity contribution is 5.85. The Hall–Kier alpha value is -1.32. The first-order valence-corrected chi connectivity index (χ1v) is 4.35. The molecule has 1 rings (SSSR count). The molecule has 0 heterocycles. The standard InChI is InChI=1S/C10H8F4N2.ClH/c11-8-2-1-6(9(16)3-4-15)5-7(8)10(12,13)14;/h1-2,5,9H,3,16H2;1H/t9-;/m0./s1. The topological polar surface area (TPSA) is 49.8 Å². The zero-order valence-electron chi connectivity index (χ0n) is 8.46. The maximum absolute atomic E-state index is 12.9. The number of alkyl halides is 3. The Balaban J connectivity index is 0.00000256. The Morgan fingerprint density at radius 1 is 1.35 bits per heavy atom. The van der Waals surface area contributed by atoms with Crippen LogP contribution in [0.15, 0.2) is 18.2 Å². The number of nitriles is 1. The second-order valence-electron chi connectivity index (χ2n) is 3.21. The van der Waals surface area contributed by atoms with E-state index < -0.39 is 23.6 Å². The average Bonchev–Trinajstić information content (AvgIpc) is 2.16. The molecule has 0 saturated heterocycles. The minimum atomic E-state index is -4.76. The first kappa shape index (κ1) is 15.7. The van der Waals surface area contributed by atoms with Crippen LogP contribution in [0.1, 0.15) is 23.6 Å². The Morgan fingerprint density at radius 3 is 2.41 bits per heavy atom. The van der Waals surface area contributed by atoms with Crippen molar-refractivity contribution in [2.75, 3.05) is 0 Å². The largest absolute Gasteiger partial charge is 0.419 e. The molecule has 0 unspecified atom stereocenters. The normalized spacial score (nSPS) is 12.5. The van der Waals surface area contributed by atoms with Crippen molar-refractivity contribution in [2.45, 2.75) is 18.6 Å². The molecule has 1 aromatic rings. The van der Waals surface area contributed by atoms with E-state index in [2.05, 4.69) is 0 Å². The van der Waals surface area contributed by atoms with Crippen molar-refractivity contribution in [3.63, 3.8) is 0 Å². The monoisotopic (exact) mass is 268 g/mol. The van der Waals surface area contributed by atoms with E-state index in [0.29, 0.717) is 12.1 Å². The van der Waals surface area contributed by atoms with Gasteiger partial charge in [-0.1, -0.05) is 6.07 Å². The molecule has 0 aromatic heterocycles. The van der Waals surface area contributed by atoms with E-state index in [1.165, 1.54) is 0 Å². The summed E-state index contributed by atoms with van der Waals surface area (Å²) >= 11 is 0. The average molecular weight is 269 g/mol. The molecule has 0 radical (unpaired) electrons. The van der Waals surface area contributed by atoms with Crippen molar-refractivity contribution in [2.24, 2.45) is 5.73 Å². The molecule has 94 valence electrons. The molecule has 0 spiro atoms. The number of halogens is 5. The van der Waals surface area contributed by atoms with Gasteiger partial charge in [0.2, 0.25) is 0 Å². The lowest BCUT2D eigenvalue weighted by Gasteiger charge is -2.12. The molecule has 1 aromatic carbocycles. The van der Waals surface area contributed by atoms with E-state index in [4.69, 9.17) is 11.0 Å². The number of hydrogen-bond acceptors (Lipinski definition) is 2. The van der Waals surface area contributed by atoms with Gasteiger partial charge in [0.15, 0.2) is 0 Å². The Labute approximate surface area is 101 Å². The van der Waals surface area contributed by atoms with Crippen LogP contribution in [-0.2, 0) is 6.18 Å². The SMILES string of the molecule is Cl.N#CC[C@H](N)c1ccc(F)c(C(F)(F)F)c1. The molecule has 0 aliphatic carbocycles. The lowest BCUT2D eigenvalue weighted by atomic mass is 10.0. The van der Waals surface area contributed by atoms with Crippen LogP contribution < -0.4 is 5.73 Å². The van der Waals surface area contributed by atoms with Crippen molar-refractivity contribution in [1.82, 2.24) is 0 Å². The van der Waals surface area contributed by atoms with E-state index in [1.54, 1.807) is 6.07 Å². The predicted molar refractivity (Wildman–Crippen MR) is 55.8 cm³/mol. The van der Waals surface area contributed by atoms with Crippen LogP contribution in [0, 0.1) is 17.1 Å². The number of hydrogen-bond donors (Lipinski definition) is 1. The Bertz CT molecular complexity index is 425. The molecule has 0 amide bonds. The van der Waals surface area contributed by atoms with Crippen molar-refractivity contribution in [1.29, 1.82) is 5.26 Å². The number of rotatable bonds is 2. The molecule has 17 heavy (non-hydrogen) atoms. The number of benzene rings is 1. The van der Waals surface area contributed by atoms with E-state index in [9.17, 15) is 17.6 Å². The number of nitrogens with two attached hydrogens (primary N) is 1. The zero-order chi connectivity index (χ0) is 12.3. The maximum atomic E-state index is 12.9. The quantitative estimate of drug-likeness (QED) is 0.838. The lowest BCUT2D eigenvalue weighted by molar-refractivity contribution is -0.140. The highest BCUT2D eigenvalue weighted by Gasteiger charge is 2.34. The molecule has 2 N–H and O–H groups in total. The van der Waals surface area contributed by atoms with Gasteiger partial charge in [0.05, 0.1) is 18.1 Å². The van der Waals surface area contributed by atoms with Crippen LogP contribution in [0.4, 0.5) is 17.6 Å². The fourth-order valence-corrected chi connectivity index (χ4v) is 1.21. The summed E-state index contributed by atoms with van der Waals surface area (Å²) < 4.78 is 49.9. The summed E-state index contributed by atoms with van der Waals surface area (Å²) in [5.74, 6) is -1.35. The fourth-order valence-electron chi connectivity index (χ4n) is 1.21. The van der Waals surface area contributed by atoms with E-state index in [1.807, 2.05) is 0 Å². The third kappa shape index (κ3) is 3.88.